The van der Waals surface area contributed by atoms with E-state index < -0.39 is 4.92 Å². The molecule has 0 bridgehead atoms. The van der Waals surface area contributed by atoms with E-state index in [-0.39, 0.29) is 11.2 Å². The molecule has 0 saturated heterocycles. The van der Waals surface area contributed by atoms with Crippen molar-refractivity contribution < 1.29 is 9.66 Å². The summed E-state index contributed by atoms with van der Waals surface area (Å²) in [5, 5.41) is 11.2. The lowest BCUT2D eigenvalue weighted by molar-refractivity contribution is -0.384. The van der Waals surface area contributed by atoms with Gasteiger partial charge in [-0.1, -0.05) is 12.1 Å². The molecule has 0 atom stereocenters. The van der Waals surface area contributed by atoms with Gasteiger partial charge in [-0.15, -0.1) is 0 Å². The van der Waals surface area contributed by atoms with E-state index in [1.807, 2.05) is 18.2 Å². The predicted molar refractivity (Wildman–Crippen MR) is 105 cm³/mol. The number of non-ortho nitro benzene ring substituents is 1. The highest BCUT2D eigenvalue weighted by Crippen LogP contribution is 2.21. The first kappa shape index (κ1) is 17.4. The highest BCUT2D eigenvalue weighted by atomic mass is 16.6. The predicted octanol–water partition coefficient (Wildman–Crippen LogP) is 4.08. The second-order valence-corrected chi connectivity index (χ2v) is 6.17. The molecular weight excluding hydrogens is 358 g/mol. The van der Waals surface area contributed by atoms with Crippen LogP contribution in [-0.2, 0) is 6.61 Å². The van der Waals surface area contributed by atoms with Gasteiger partial charge in [0.15, 0.2) is 0 Å². The molecule has 1 N–H and O–H groups in total. The zero-order valence-corrected chi connectivity index (χ0v) is 14.7. The first-order chi connectivity index (χ1) is 13.6. The van der Waals surface area contributed by atoms with Crippen molar-refractivity contribution in [3.05, 3.63) is 98.8 Å². The lowest BCUT2D eigenvalue weighted by Gasteiger charge is -2.08. The molecule has 0 unspecified atom stereocenters. The Hall–Kier alpha value is -4.00. The Balaban J connectivity index is 1.49. The molecule has 7 nitrogen and oxygen atoms in total. The van der Waals surface area contributed by atoms with Crippen molar-refractivity contribution in [2.75, 3.05) is 0 Å². The van der Waals surface area contributed by atoms with Gasteiger partial charge in [0.2, 0.25) is 0 Å². The molecule has 0 radical (unpaired) electrons. The smallest absolute Gasteiger partial charge is 0.269 e. The second kappa shape index (κ2) is 7.32. The minimum atomic E-state index is -0.436. The molecular formula is C21H15N3O4. The fourth-order valence-electron chi connectivity index (χ4n) is 2.81. The summed E-state index contributed by atoms with van der Waals surface area (Å²) in [6.07, 6.45) is 0. The number of ether oxygens (including phenoxy) is 1. The molecule has 3 aromatic carbocycles. The number of para-hydroxylation sites is 1. The molecule has 1 aromatic heterocycles. The number of aromatic nitrogens is 2. The maximum absolute atomic E-state index is 12.2. The molecule has 0 fully saturated rings. The number of hydrogen-bond donors (Lipinski definition) is 1. The number of nitrogens with one attached hydrogen (secondary N) is 1. The maximum Gasteiger partial charge on any atom is 0.269 e. The van der Waals surface area contributed by atoms with Gasteiger partial charge < -0.3 is 9.72 Å². The Morgan fingerprint density at radius 3 is 2.39 bits per heavy atom. The summed E-state index contributed by atoms with van der Waals surface area (Å²) >= 11 is 0. The van der Waals surface area contributed by atoms with Gasteiger partial charge in [-0.3, -0.25) is 14.9 Å². The Kier molecular flexibility index (Phi) is 4.55. The van der Waals surface area contributed by atoms with Gasteiger partial charge in [-0.05, 0) is 54.1 Å². The fourth-order valence-corrected chi connectivity index (χ4v) is 2.81. The van der Waals surface area contributed by atoms with Crippen LogP contribution in [0.2, 0.25) is 0 Å². The van der Waals surface area contributed by atoms with E-state index in [4.69, 9.17) is 4.74 Å². The van der Waals surface area contributed by atoms with Crippen LogP contribution in [0.1, 0.15) is 5.56 Å². The Labute approximate surface area is 159 Å². The molecule has 4 aromatic rings. The number of rotatable bonds is 5. The van der Waals surface area contributed by atoms with Gasteiger partial charge in [0.1, 0.15) is 18.2 Å². The monoisotopic (exact) mass is 373 g/mol. The molecule has 28 heavy (non-hydrogen) atoms. The van der Waals surface area contributed by atoms with Crippen molar-refractivity contribution in [1.82, 2.24) is 9.97 Å². The summed E-state index contributed by atoms with van der Waals surface area (Å²) in [4.78, 5) is 29.7. The Morgan fingerprint density at radius 2 is 1.68 bits per heavy atom. The van der Waals surface area contributed by atoms with Crippen LogP contribution >= 0.6 is 0 Å². The van der Waals surface area contributed by atoms with Crippen molar-refractivity contribution in [1.29, 1.82) is 0 Å². The van der Waals surface area contributed by atoms with E-state index in [0.717, 1.165) is 11.1 Å². The molecule has 0 saturated carbocycles. The molecule has 7 heteroatoms. The summed E-state index contributed by atoms with van der Waals surface area (Å²) in [6.45, 7) is 0.294. The van der Waals surface area contributed by atoms with Gasteiger partial charge >= 0.3 is 0 Å². The third kappa shape index (κ3) is 3.59. The third-order valence-corrected chi connectivity index (χ3v) is 4.29. The number of nitro benzene ring substituents is 1. The van der Waals surface area contributed by atoms with Crippen LogP contribution in [0.5, 0.6) is 5.75 Å². The highest BCUT2D eigenvalue weighted by molar-refractivity contribution is 5.79. The minimum Gasteiger partial charge on any atom is -0.489 e. The van der Waals surface area contributed by atoms with E-state index in [1.54, 1.807) is 42.5 Å². The van der Waals surface area contributed by atoms with Crippen LogP contribution in [0.3, 0.4) is 0 Å². The average Bonchev–Trinajstić information content (AvgIpc) is 2.73. The maximum atomic E-state index is 12.2. The Morgan fingerprint density at radius 1 is 0.964 bits per heavy atom. The number of nitro groups is 1. The first-order valence-electron chi connectivity index (χ1n) is 8.56. The molecule has 4 rings (SSSR count). The topological polar surface area (TPSA) is 98.1 Å². The van der Waals surface area contributed by atoms with Crippen LogP contribution < -0.4 is 10.3 Å². The number of H-pyrrole nitrogens is 1. The van der Waals surface area contributed by atoms with Gasteiger partial charge in [0, 0.05) is 17.7 Å². The normalized spacial score (nSPS) is 10.7. The van der Waals surface area contributed by atoms with Crippen LogP contribution in [0.4, 0.5) is 5.69 Å². The van der Waals surface area contributed by atoms with Crippen molar-refractivity contribution in [2.45, 2.75) is 6.61 Å². The van der Waals surface area contributed by atoms with E-state index >= 15 is 0 Å². The molecule has 0 aliphatic rings. The molecule has 0 spiro atoms. The van der Waals surface area contributed by atoms with Gasteiger partial charge in [-0.25, -0.2) is 4.98 Å². The van der Waals surface area contributed by atoms with E-state index in [1.165, 1.54) is 12.1 Å². The van der Waals surface area contributed by atoms with Crippen molar-refractivity contribution in [3.63, 3.8) is 0 Å². The lowest BCUT2D eigenvalue weighted by Crippen LogP contribution is -2.09. The fraction of sp³-hybridized carbons (Fsp3) is 0.0476. The van der Waals surface area contributed by atoms with Crippen LogP contribution in [0, 0.1) is 10.1 Å². The summed E-state index contributed by atoms with van der Waals surface area (Å²) in [6, 6.07) is 20.6. The van der Waals surface area contributed by atoms with Crippen molar-refractivity contribution >= 4 is 16.6 Å². The standard InChI is InChI=1S/C21H15N3O4/c25-21-18-3-1-2-4-19(18)22-20(23-21)15-7-11-17(12-8-15)28-13-14-5-9-16(10-6-14)24(26)27/h1-12H,13H2,(H,22,23,25). The van der Waals surface area contributed by atoms with E-state index in [2.05, 4.69) is 9.97 Å². The second-order valence-electron chi connectivity index (χ2n) is 6.17. The summed E-state index contributed by atoms with van der Waals surface area (Å²) in [5.74, 6) is 1.14. The largest absolute Gasteiger partial charge is 0.489 e. The molecule has 0 aliphatic carbocycles. The quantitative estimate of drug-likeness (QED) is 0.420. The zero-order valence-electron chi connectivity index (χ0n) is 14.7. The number of hydrogen-bond acceptors (Lipinski definition) is 5. The summed E-state index contributed by atoms with van der Waals surface area (Å²) in [5.41, 5.74) is 2.10. The molecule has 1 heterocycles. The third-order valence-electron chi connectivity index (χ3n) is 4.29. The summed E-state index contributed by atoms with van der Waals surface area (Å²) in [7, 11) is 0. The first-order valence-corrected chi connectivity index (χ1v) is 8.56. The Bertz CT molecular complexity index is 1200. The lowest BCUT2D eigenvalue weighted by atomic mass is 10.2. The molecule has 0 aliphatic heterocycles. The average molecular weight is 373 g/mol. The molecule has 0 amide bonds. The number of nitrogens with zero attached hydrogens (tertiary/aromatic N) is 2. The number of benzene rings is 3. The van der Waals surface area contributed by atoms with Crippen LogP contribution in [0.15, 0.2) is 77.6 Å². The van der Waals surface area contributed by atoms with E-state index in [9.17, 15) is 14.9 Å². The molecule has 138 valence electrons. The number of aromatic amines is 1. The van der Waals surface area contributed by atoms with E-state index in [0.29, 0.717) is 29.1 Å². The summed E-state index contributed by atoms with van der Waals surface area (Å²) < 4.78 is 5.72. The van der Waals surface area contributed by atoms with Gasteiger partial charge in [0.25, 0.3) is 11.2 Å². The number of fused-ring (bicyclic) bond motifs is 1. The van der Waals surface area contributed by atoms with Crippen LogP contribution in [0.25, 0.3) is 22.3 Å². The van der Waals surface area contributed by atoms with Crippen LogP contribution in [-0.4, -0.2) is 14.9 Å². The van der Waals surface area contributed by atoms with Crippen molar-refractivity contribution in [2.24, 2.45) is 0 Å². The van der Waals surface area contributed by atoms with Gasteiger partial charge in [0.05, 0.1) is 15.8 Å². The van der Waals surface area contributed by atoms with Gasteiger partial charge in [-0.2, -0.15) is 0 Å². The van der Waals surface area contributed by atoms with Crippen molar-refractivity contribution in [3.8, 4) is 17.1 Å². The minimum absolute atomic E-state index is 0.0463. The highest BCUT2D eigenvalue weighted by Gasteiger charge is 2.07. The SMILES string of the molecule is O=c1[nH]c(-c2ccc(OCc3ccc([N+](=O)[O-])cc3)cc2)nc2ccccc12. The zero-order chi connectivity index (χ0) is 19.5.